The second-order valence-corrected chi connectivity index (χ2v) is 11.1. The number of rotatable bonds is 6. The fourth-order valence-corrected chi connectivity index (χ4v) is 5.97. The summed E-state index contributed by atoms with van der Waals surface area (Å²) in [5.41, 5.74) is 0.434. The molecule has 5 heterocycles. The van der Waals surface area contributed by atoms with Crippen molar-refractivity contribution in [2.75, 3.05) is 50.8 Å². The highest BCUT2D eigenvalue weighted by Gasteiger charge is 2.40. The number of aryl methyl sites for hydroxylation is 3. The molecular formula is C28H33F4N7O6. The first kappa shape index (κ1) is 32.2. The van der Waals surface area contributed by atoms with Crippen molar-refractivity contribution < 1.29 is 37.0 Å². The van der Waals surface area contributed by atoms with E-state index in [-0.39, 0.29) is 24.3 Å². The quantitative estimate of drug-likeness (QED) is 0.370. The van der Waals surface area contributed by atoms with E-state index in [9.17, 15) is 31.9 Å². The summed E-state index contributed by atoms with van der Waals surface area (Å²) in [5, 5.41) is 10.6. The highest BCUT2D eigenvalue weighted by Crippen LogP contribution is 2.33. The predicted octanol–water partition coefficient (Wildman–Crippen LogP) is 0.569. The van der Waals surface area contributed by atoms with Crippen LogP contribution < -0.4 is 21.5 Å². The SMILES string of the molecule is Cn1c(=O)n(CC(=O)N2CCOCC2)c(=O)c2c1nc(N1CCC3CNCC31)n2CCc1ccc(F)cc1.O=C(O)C(F)(F)F. The van der Waals surface area contributed by atoms with Crippen molar-refractivity contribution in [2.45, 2.75) is 38.1 Å². The molecule has 2 N–H and O–H groups in total. The summed E-state index contributed by atoms with van der Waals surface area (Å²) in [6.45, 7) is 4.42. The molecule has 3 aliphatic rings. The second kappa shape index (κ2) is 13.0. The maximum atomic E-state index is 13.9. The number of fused-ring (bicyclic) bond motifs is 2. The summed E-state index contributed by atoms with van der Waals surface area (Å²) in [4.78, 5) is 57.7. The number of hydrogen-bond donors (Lipinski definition) is 2. The Morgan fingerprint density at radius 1 is 1.07 bits per heavy atom. The number of aliphatic carboxylic acids is 1. The van der Waals surface area contributed by atoms with Gasteiger partial charge < -0.3 is 29.5 Å². The molecule has 3 fully saturated rings. The van der Waals surface area contributed by atoms with Crippen LogP contribution in [0.3, 0.4) is 0 Å². The monoisotopic (exact) mass is 639 g/mol. The molecule has 45 heavy (non-hydrogen) atoms. The number of aromatic nitrogens is 4. The Balaban J connectivity index is 0.000000515. The third kappa shape index (κ3) is 6.73. The Morgan fingerprint density at radius 3 is 2.38 bits per heavy atom. The fourth-order valence-electron chi connectivity index (χ4n) is 5.97. The Kier molecular flexibility index (Phi) is 9.29. The van der Waals surface area contributed by atoms with Gasteiger partial charge in [0.05, 0.1) is 13.2 Å². The molecule has 0 radical (unpaired) electrons. The minimum Gasteiger partial charge on any atom is -0.475 e. The third-order valence-corrected chi connectivity index (χ3v) is 8.35. The van der Waals surface area contributed by atoms with E-state index in [2.05, 4.69) is 10.2 Å². The Bertz CT molecular complexity index is 1680. The summed E-state index contributed by atoms with van der Waals surface area (Å²) >= 11 is 0. The standard InChI is InChI=1S/C26H32FN7O4.C2HF3O2/c1-30-23-22(24(36)34(26(30)37)16-21(35)31-10-12-38-13-11-31)33(8-6-17-2-4-19(27)5-3-17)25(29-23)32-9-7-18-14-28-15-20(18)32;3-2(4,5)1(6)7/h2-5,18,20,28H,6-16H2,1H3;(H,6,7). The molecule has 0 aliphatic carbocycles. The van der Waals surface area contributed by atoms with Gasteiger partial charge in [0.2, 0.25) is 11.9 Å². The molecule has 3 saturated heterocycles. The second-order valence-electron chi connectivity index (χ2n) is 11.1. The Labute approximate surface area is 253 Å². The van der Waals surface area contributed by atoms with Gasteiger partial charge in [-0.15, -0.1) is 0 Å². The number of alkyl halides is 3. The lowest BCUT2D eigenvalue weighted by Gasteiger charge is -2.27. The molecule has 2 atom stereocenters. The topological polar surface area (TPSA) is 144 Å². The number of carbonyl (C=O) groups is 2. The summed E-state index contributed by atoms with van der Waals surface area (Å²) in [6, 6.07) is 6.57. The molecule has 13 nitrogen and oxygen atoms in total. The number of imidazole rings is 1. The van der Waals surface area contributed by atoms with Gasteiger partial charge >= 0.3 is 17.8 Å². The largest absolute Gasteiger partial charge is 0.490 e. The summed E-state index contributed by atoms with van der Waals surface area (Å²) in [7, 11) is 1.59. The Morgan fingerprint density at radius 2 is 1.73 bits per heavy atom. The number of nitrogens with one attached hydrogen (secondary N) is 1. The molecule has 3 aliphatic heterocycles. The number of halogens is 4. The summed E-state index contributed by atoms with van der Waals surface area (Å²) < 4.78 is 54.8. The maximum Gasteiger partial charge on any atom is 0.490 e. The van der Waals surface area contributed by atoms with Crippen LogP contribution in [0.15, 0.2) is 33.9 Å². The van der Waals surface area contributed by atoms with Crippen LogP contribution in [-0.2, 0) is 40.9 Å². The van der Waals surface area contributed by atoms with E-state index in [0.717, 1.165) is 36.2 Å². The number of anilines is 1. The van der Waals surface area contributed by atoms with Gasteiger partial charge in [0.1, 0.15) is 12.4 Å². The van der Waals surface area contributed by atoms with Crippen LogP contribution in [0.4, 0.5) is 23.5 Å². The lowest BCUT2D eigenvalue weighted by molar-refractivity contribution is -0.192. The van der Waals surface area contributed by atoms with Crippen LogP contribution in [0.1, 0.15) is 12.0 Å². The third-order valence-electron chi connectivity index (χ3n) is 8.35. The molecule has 17 heteroatoms. The van der Waals surface area contributed by atoms with Gasteiger partial charge in [0, 0.05) is 52.4 Å². The van der Waals surface area contributed by atoms with E-state index in [1.54, 1.807) is 24.1 Å². The van der Waals surface area contributed by atoms with Crippen LogP contribution >= 0.6 is 0 Å². The molecule has 0 spiro atoms. The zero-order valence-corrected chi connectivity index (χ0v) is 24.4. The molecule has 1 amide bonds. The smallest absolute Gasteiger partial charge is 0.475 e. The van der Waals surface area contributed by atoms with Crippen LogP contribution in [0, 0.1) is 11.7 Å². The van der Waals surface area contributed by atoms with E-state index in [1.165, 1.54) is 16.7 Å². The van der Waals surface area contributed by atoms with Crippen molar-refractivity contribution in [1.82, 2.24) is 28.9 Å². The first-order chi connectivity index (χ1) is 21.4. The normalized spacial score (nSPS) is 19.8. The van der Waals surface area contributed by atoms with Crippen LogP contribution in [0.2, 0.25) is 0 Å². The lowest BCUT2D eigenvalue weighted by Crippen LogP contribution is -2.47. The molecule has 3 aromatic rings. The van der Waals surface area contributed by atoms with E-state index in [0.29, 0.717) is 62.3 Å². The molecule has 2 aromatic heterocycles. The van der Waals surface area contributed by atoms with Crippen molar-refractivity contribution in [3.8, 4) is 0 Å². The molecule has 0 bridgehead atoms. The number of nitrogens with zero attached hydrogens (tertiary/aromatic N) is 6. The van der Waals surface area contributed by atoms with Crippen LogP contribution in [0.5, 0.6) is 0 Å². The molecule has 2 unspecified atom stereocenters. The van der Waals surface area contributed by atoms with Gasteiger partial charge in [-0.3, -0.25) is 14.2 Å². The number of carbonyl (C=O) groups excluding carboxylic acids is 1. The van der Waals surface area contributed by atoms with Gasteiger partial charge in [0.25, 0.3) is 5.56 Å². The van der Waals surface area contributed by atoms with Crippen molar-refractivity contribution in [3.05, 3.63) is 56.5 Å². The number of morpholine rings is 1. The lowest BCUT2D eigenvalue weighted by atomic mass is 10.1. The number of carboxylic acids is 1. The number of hydrogen-bond acceptors (Lipinski definition) is 8. The number of benzene rings is 1. The zero-order valence-electron chi connectivity index (χ0n) is 24.4. The summed E-state index contributed by atoms with van der Waals surface area (Å²) in [5.74, 6) is -2.19. The average molecular weight is 640 g/mol. The van der Waals surface area contributed by atoms with E-state index in [4.69, 9.17) is 19.6 Å². The number of amides is 1. The van der Waals surface area contributed by atoms with E-state index in [1.807, 2.05) is 4.57 Å². The molecule has 6 rings (SSSR count). The van der Waals surface area contributed by atoms with Crippen LogP contribution in [0.25, 0.3) is 11.2 Å². The Hall–Kier alpha value is -4.25. The molecule has 0 saturated carbocycles. The first-order valence-corrected chi connectivity index (χ1v) is 14.4. The number of carboxylic acid groups (broad SMARTS) is 1. The average Bonchev–Trinajstić information content (AvgIpc) is 3.73. The van der Waals surface area contributed by atoms with Crippen molar-refractivity contribution in [1.29, 1.82) is 0 Å². The minimum absolute atomic E-state index is 0.263. The van der Waals surface area contributed by atoms with Crippen molar-refractivity contribution in [3.63, 3.8) is 0 Å². The number of ether oxygens (including phenoxy) is 1. The minimum atomic E-state index is -5.08. The summed E-state index contributed by atoms with van der Waals surface area (Å²) in [6.07, 6.45) is -3.51. The highest BCUT2D eigenvalue weighted by atomic mass is 19.4. The van der Waals surface area contributed by atoms with Gasteiger partial charge in [-0.05, 0) is 36.5 Å². The molecular weight excluding hydrogens is 606 g/mol. The van der Waals surface area contributed by atoms with E-state index >= 15 is 0 Å². The highest BCUT2D eigenvalue weighted by molar-refractivity contribution is 5.78. The van der Waals surface area contributed by atoms with Crippen molar-refractivity contribution in [2.24, 2.45) is 13.0 Å². The zero-order chi connectivity index (χ0) is 32.5. The molecule has 1 aromatic carbocycles. The maximum absolute atomic E-state index is 13.9. The van der Waals surface area contributed by atoms with Gasteiger partial charge in [0.15, 0.2) is 11.2 Å². The van der Waals surface area contributed by atoms with Crippen LogP contribution in [-0.4, -0.2) is 98.7 Å². The van der Waals surface area contributed by atoms with Gasteiger partial charge in [-0.2, -0.15) is 18.2 Å². The molecule has 244 valence electrons. The predicted molar refractivity (Wildman–Crippen MR) is 153 cm³/mol. The van der Waals surface area contributed by atoms with Gasteiger partial charge in [-0.25, -0.2) is 18.5 Å². The van der Waals surface area contributed by atoms with Gasteiger partial charge in [-0.1, -0.05) is 12.1 Å². The first-order valence-electron chi connectivity index (χ1n) is 14.4. The van der Waals surface area contributed by atoms with E-state index < -0.39 is 23.4 Å². The van der Waals surface area contributed by atoms with Crippen molar-refractivity contribution >= 4 is 29.0 Å². The fraction of sp³-hybridized carbons (Fsp3) is 0.536.